The lowest BCUT2D eigenvalue weighted by atomic mass is 10.1. The van der Waals surface area contributed by atoms with E-state index in [-0.39, 0.29) is 6.04 Å². The first-order chi connectivity index (χ1) is 10.4. The molecule has 120 valence electrons. The van der Waals surface area contributed by atoms with Gasteiger partial charge in [-0.15, -0.1) is 0 Å². The molecule has 2 N–H and O–H groups in total. The molecule has 2 heterocycles. The number of ether oxygens (including phenoxy) is 1. The fourth-order valence-corrected chi connectivity index (χ4v) is 2.83. The van der Waals surface area contributed by atoms with Crippen LogP contribution < -0.4 is 5.32 Å². The van der Waals surface area contributed by atoms with Gasteiger partial charge in [0.1, 0.15) is 23.0 Å². The summed E-state index contributed by atoms with van der Waals surface area (Å²) in [6, 6.07) is 3.67. The van der Waals surface area contributed by atoms with Gasteiger partial charge in [-0.2, -0.15) is 5.26 Å². The monoisotopic (exact) mass is 324 g/mol. The lowest BCUT2D eigenvalue weighted by Crippen LogP contribution is -2.29. The molecular weight excluding hydrogens is 304 g/mol. The Morgan fingerprint density at radius 3 is 2.86 bits per heavy atom. The number of nitriles is 1. The van der Waals surface area contributed by atoms with E-state index >= 15 is 0 Å². The maximum Gasteiger partial charge on any atom is 0.167 e. The van der Waals surface area contributed by atoms with E-state index in [0.29, 0.717) is 30.3 Å². The van der Waals surface area contributed by atoms with Crippen molar-refractivity contribution in [2.45, 2.75) is 31.2 Å². The average molecular weight is 324 g/mol. The van der Waals surface area contributed by atoms with Gasteiger partial charge < -0.3 is 20.0 Å². The van der Waals surface area contributed by atoms with Crippen molar-refractivity contribution in [1.82, 2.24) is 4.57 Å². The number of sulfone groups is 1. The van der Waals surface area contributed by atoms with Crippen LogP contribution in [0.15, 0.2) is 6.07 Å². The molecule has 1 fully saturated rings. The van der Waals surface area contributed by atoms with Crippen LogP contribution in [0.1, 0.15) is 37.1 Å². The molecule has 0 spiro atoms. The van der Waals surface area contributed by atoms with E-state index in [2.05, 4.69) is 11.4 Å². The maximum absolute atomic E-state index is 11.7. The van der Waals surface area contributed by atoms with Crippen LogP contribution in [0.25, 0.3) is 0 Å². The maximum atomic E-state index is 11.7. The number of nitrogens with one attached hydrogen (secondary N) is 2. The first-order valence-corrected chi connectivity index (χ1v) is 9.03. The molecule has 0 amide bonds. The van der Waals surface area contributed by atoms with Gasteiger partial charge in [-0.3, -0.25) is 0 Å². The molecule has 0 saturated carbocycles. The predicted molar refractivity (Wildman–Crippen MR) is 84.1 cm³/mol. The van der Waals surface area contributed by atoms with Crippen LogP contribution in [0, 0.1) is 16.7 Å². The number of hydrogen-bond acceptors (Lipinski definition) is 6. The largest absolute Gasteiger partial charge is 0.379 e. The highest BCUT2D eigenvalue weighted by Gasteiger charge is 2.26. The molecule has 0 bridgehead atoms. The fraction of sp³-hybridized carbons (Fsp3) is 0.571. The van der Waals surface area contributed by atoms with Gasteiger partial charge in [0.25, 0.3) is 0 Å². The fourth-order valence-electron chi connectivity index (χ4n) is 2.50. The summed E-state index contributed by atoms with van der Waals surface area (Å²) in [7, 11) is -3.28. The Hall–Kier alpha value is -1.85. The SMILES string of the molecule is CC(Nc1c(C=N)cc(C#N)n1C1CCCOC1)S(C)(=O)=O. The molecule has 1 aliphatic rings. The van der Waals surface area contributed by atoms with Crippen molar-refractivity contribution in [2.75, 3.05) is 24.8 Å². The number of hydrogen-bond donors (Lipinski definition) is 2. The second-order valence-corrected chi connectivity index (χ2v) is 7.81. The van der Waals surface area contributed by atoms with Crippen molar-refractivity contribution in [2.24, 2.45) is 0 Å². The minimum absolute atomic E-state index is 0.0358. The Labute approximate surface area is 130 Å². The summed E-state index contributed by atoms with van der Waals surface area (Å²) in [5.41, 5.74) is 0.898. The number of aromatic nitrogens is 1. The molecule has 0 aliphatic carbocycles. The second-order valence-electron chi connectivity index (χ2n) is 5.45. The minimum atomic E-state index is -3.28. The highest BCUT2D eigenvalue weighted by molar-refractivity contribution is 7.91. The van der Waals surface area contributed by atoms with Gasteiger partial charge in [0.15, 0.2) is 9.84 Å². The van der Waals surface area contributed by atoms with E-state index < -0.39 is 15.2 Å². The Morgan fingerprint density at radius 2 is 2.36 bits per heavy atom. The van der Waals surface area contributed by atoms with Crippen molar-refractivity contribution >= 4 is 21.9 Å². The number of nitrogens with zero attached hydrogens (tertiary/aromatic N) is 2. The van der Waals surface area contributed by atoms with E-state index in [0.717, 1.165) is 25.3 Å². The van der Waals surface area contributed by atoms with Crippen molar-refractivity contribution < 1.29 is 13.2 Å². The normalized spacial score (nSPS) is 20.1. The van der Waals surface area contributed by atoms with Crippen molar-refractivity contribution in [3.8, 4) is 6.07 Å². The molecule has 2 rings (SSSR count). The smallest absolute Gasteiger partial charge is 0.167 e. The summed E-state index contributed by atoms with van der Waals surface area (Å²) in [5.74, 6) is 0.486. The first kappa shape index (κ1) is 16.5. The van der Waals surface area contributed by atoms with Gasteiger partial charge in [-0.1, -0.05) is 0 Å². The lowest BCUT2D eigenvalue weighted by molar-refractivity contribution is 0.0596. The van der Waals surface area contributed by atoms with Gasteiger partial charge in [0.2, 0.25) is 0 Å². The molecule has 1 aliphatic heterocycles. The average Bonchev–Trinajstić information content (AvgIpc) is 2.84. The van der Waals surface area contributed by atoms with Crippen LogP contribution in [0.4, 0.5) is 5.82 Å². The van der Waals surface area contributed by atoms with Gasteiger partial charge in [-0.25, -0.2) is 8.42 Å². The molecule has 0 aromatic carbocycles. The van der Waals surface area contributed by atoms with E-state index in [1.807, 2.05) is 0 Å². The topological polar surface area (TPSA) is 108 Å². The molecule has 22 heavy (non-hydrogen) atoms. The number of rotatable bonds is 5. The highest BCUT2D eigenvalue weighted by Crippen LogP contribution is 2.30. The first-order valence-electron chi connectivity index (χ1n) is 7.07. The Bertz CT molecular complexity index is 696. The van der Waals surface area contributed by atoms with Gasteiger partial charge in [0.05, 0.1) is 12.6 Å². The van der Waals surface area contributed by atoms with Crippen LogP contribution >= 0.6 is 0 Å². The van der Waals surface area contributed by atoms with E-state index in [1.165, 1.54) is 0 Å². The standard InChI is InChI=1S/C14H20N4O3S/c1-10(22(2,19)20)17-14-11(7-15)6-13(8-16)18(14)12-4-3-5-21-9-12/h6-7,10,12,15,17H,3-5,9H2,1-2H3. The van der Waals surface area contributed by atoms with E-state index in [4.69, 9.17) is 10.1 Å². The lowest BCUT2D eigenvalue weighted by Gasteiger charge is -2.27. The summed E-state index contributed by atoms with van der Waals surface area (Å²) < 4.78 is 30.6. The van der Waals surface area contributed by atoms with Crippen molar-refractivity contribution in [1.29, 1.82) is 10.7 Å². The third kappa shape index (κ3) is 3.31. The van der Waals surface area contributed by atoms with Crippen LogP contribution in [-0.2, 0) is 14.6 Å². The van der Waals surface area contributed by atoms with Gasteiger partial charge in [-0.05, 0) is 25.8 Å². The Morgan fingerprint density at radius 1 is 1.64 bits per heavy atom. The number of anilines is 1. The van der Waals surface area contributed by atoms with Crippen molar-refractivity contribution in [3.63, 3.8) is 0 Å². The zero-order chi connectivity index (χ0) is 16.3. The third-order valence-corrected chi connectivity index (χ3v) is 5.22. The molecule has 0 radical (unpaired) electrons. The second kappa shape index (κ2) is 6.50. The zero-order valence-corrected chi connectivity index (χ0v) is 13.5. The Balaban J connectivity index is 2.47. The van der Waals surface area contributed by atoms with Crippen LogP contribution in [0.3, 0.4) is 0 Å². The van der Waals surface area contributed by atoms with Gasteiger partial charge in [0, 0.05) is 24.6 Å². The summed E-state index contributed by atoms with van der Waals surface area (Å²) in [6.45, 7) is 2.71. The van der Waals surface area contributed by atoms with Gasteiger partial charge >= 0.3 is 0 Å². The van der Waals surface area contributed by atoms with Crippen LogP contribution in [-0.4, -0.2) is 44.0 Å². The predicted octanol–water partition coefficient (Wildman–Crippen LogP) is 1.51. The van der Waals surface area contributed by atoms with Crippen molar-refractivity contribution in [3.05, 3.63) is 17.3 Å². The van der Waals surface area contributed by atoms with Crippen LogP contribution in [0.2, 0.25) is 0 Å². The third-order valence-electron chi connectivity index (χ3n) is 3.82. The van der Waals surface area contributed by atoms with E-state index in [9.17, 15) is 13.7 Å². The minimum Gasteiger partial charge on any atom is -0.379 e. The molecule has 7 nitrogen and oxygen atoms in total. The molecule has 1 saturated heterocycles. The Kier molecular flexibility index (Phi) is 4.88. The quantitative estimate of drug-likeness (QED) is 0.798. The summed E-state index contributed by atoms with van der Waals surface area (Å²) in [4.78, 5) is 0. The summed E-state index contributed by atoms with van der Waals surface area (Å²) >= 11 is 0. The molecule has 2 unspecified atom stereocenters. The summed E-state index contributed by atoms with van der Waals surface area (Å²) in [6.07, 6.45) is 4.01. The molecule has 1 aromatic heterocycles. The van der Waals surface area contributed by atoms with Crippen LogP contribution in [0.5, 0.6) is 0 Å². The summed E-state index contributed by atoms with van der Waals surface area (Å²) in [5, 5.41) is 19.0. The molecule has 8 heteroatoms. The molecule has 1 aromatic rings. The molecule has 2 atom stereocenters. The van der Waals surface area contributed by atoms with E-state index in [1.54, 1.807) is 17.6 Å². The zero-order valence-electron chi connectivity index (χ0n) is 12.7. The molecular formula is C14H20N4O3S. The highest BCUT2D eigenvalue weighted by atomic mass is 32.2.